The van der Waals surface area contributed by atoms with Crippen molar-refractivity contribution in [3.05, 3.63) is 28.7 Å². The van der Waals surface area contributed by atoms with Crippen LogP contribution in [-0.4, -0.2) is 53.1 Å². The SMILES string of the molecule is CC1(C)CC2(C)CC(C)(C1)CC(C)(NC=O)C2.CCn1cccc(NC(=O)C(CCC(=O)C(=O)NC)NC(C)=O)c1=O. The predicted octanol–water partition coefficient (Wildman–Crippen LogP) is 2.91. The van der Waals surface area contributed by atoms with Crippen molar-refractivity contribution in [3.8, 4) is 0 Å². The quantitative estimate of drug-likeness (QED) is 0.244. The minimum Gasteiger partial charge on any atom is -0.353 e. The molecule has 0 aromatic carbocycles. The Morgan fingerprint density at radius 2 is 1.60 bits per heavy atom. The van der Waals surface area contributed by atoms with Gasteiger partial charge in [-0.2, -0.15) is 0 Å². The second-order valence-corrected chi connectivity index (χ2v) is 13.8. The van der Waals surface area contributed by atoms with E-state index in [2.05, 4.69) is 55.9 Å². The number of likely N-dealkylation sites (N-methyl/N-ethyl adjacent to an activating group) is 1. The van der Waals surface area contributed by atoms with Gasteiger partial charge in [-0.05, 0) is 80.8 Å². The molecule has 0 saturated heterocycles. The number of carbonyl (C=O) groups is 5. The second kappa shape index (κ2) is 13.6. The van der Waals surface area contributed by atoms with Gasteiger partial charge >= 0.3 is 0 Å². The third kappa shape index (κ3) is 9.52. The molecule has 1 aromatic rings. The lowest BCUT2D eigenvalue weighted by atomic mass is 9.46. The monoisotopic (exact) mass is 587 g/mol. The fourth-order valence-electron chi connectivity index (χ4n) is 8.11. The van der Waals surface area contributed by atoms with Gasteiger partial charge in [0.05, 0.1) is 0 Å². The molecule has 4 amide bonds. The summed E-state index contributed by atoms with van der Waals surface area (Å²) >= 11 is 0. The van der Waals surface area contributed by atoms with Gasteiger partial charge in [0.1, 0.15) is 11.7 Å². The lowest BCUT2D eigenvalue weighted by Gasteiger charge is -2.60. The average Bonchev–Trinajstić information content (AvgIpc) is 2.84. The first kappa shape index (κ1) is 34.7. The van der Waals surface area contributed by atoms with Gasteiger partial charge in [-0.1, -0.05) is 27.7 Å². The van der Waals surface area contributed by atoms with Crippen LogP contribution in [0.3, 0.4) is 0 Å². The van der Waals surface area contributed by atoms with E-state index in [-0.39, 0.29) is 29.6 Å². The molecular formula is C31H49N5O6. The number of anilines is 1. The summed E-state index contributed by atoms with van der Waals surface area (Å²) in [6.45, 7) is 15.3. The van der Waals surface area contributed by atoms with Gasteiger partial charge in [0.25, 0.3) is 11.5 Å². The molecule has 2 fully saturated rings. The van der Waals surface area contributed by atoms with E-state index in [1.807, 2.05) is 0 Å². The molecule has 0 radical (unpaired) electrons. The Hall–Kier alpha value is -3.50. The van der Waals surface area contributed by atoms with Crippen LogP contribution in [0.25, 0.3) is 0 Å². The molecule has 3 rings (SSSR count). The molecule has 1 heterocycles. The molecule has 0 aliphatic heterocycles. The van der Waals surface area contributed by atoms with E-state index in [9.17, 15) is 28.8 Å². The number of ketones is 1. The number of aromatic nitrogens is 1. The zero-order chi connectivity index (χ0) is 31.9. The summed E-state index contributed by atoms with van der Waals surface area (Å²) in [6, 6.07) is 2.02. The van der Waals surface area contributed by atoms with Crippen LogP contribution in [0.2, 0.25) is 0 Å². The zero-order valence-corrected chi connectivity index (χ0v) is 26.4. The number of hydrogen-bond acceptors (Lipinski definition) is 6. The number of Topliss-reactive ketones (excluding diaryl/α,β-unsaturated/α-hetero) is 1. The van der Waals surface area contributed by atoms with E-state index in [1.165, 1.54) is 43.9 Å². The van der Waals surface area contributed by atoms with Gasteiger partial charge in [0.2, 0.25) is 24.0 Å². The number of pyridine rings is 1. The third-order valence-corrected chi connectivity index (χ3v) is 8.16. The summed E-state index contributed by atoms with van der Waals surface area (Å²) in [7, 11) is 1.33. The number of amides is 4. The number of rotatable bonds is 10. The van der Waals surface area contributed by atoms with Gasteiger partial charge < -0.3 is 25.8 Å². The normalized spacial score (nSPS) is 26.4. The predicted molar refractivity (Wildman–Crippen MR) is 162 cm³/mol. The lowest BCUT2D eigenvalue weighted by Crippen LogP contribution is -2.57. The van der Waals surface area contributed by atoms with Crippen LogP contribution in [-0.2, 0) is 30.5 Å². The minimum atomic E-state index is -1.04. The number of aryl methyl sites for hydroxylation is 1. The maximum Gasteiger partial charge on any atom is 0.287 e. The van der Waals surface area contributed by atoms with E-state index in [0.717, 1.165) is 19.3 Å². The van der Waals surface area contributed by atoms with Crippen molar-refractivity contribution in [1.82, 2.24) is 20.5 Å². The molecule has 11 heteroatoms. The molecule has 2 aliphatic carbocycles. The van der Waals surface area contributed by atoms with Gasteiger partial charge in [0, 0.05) is 38.7 Å². The summed E-state index contributed by atoms with van der Waals surface area (Å²) in [6.07, 6.45) is 8.33. The maximum absolute atomic E-state index is 12.4. The minimum absolute atomic E-state index is 0. The molecule has 11 nitrogen and oxygen atoms in total. The molecule has 3 unspecified atom stereocenters. The van der Waals surface area contributed by atoms with E-state index >= 15 is 0 Å². The van der Waals surface area contributed by atoms with Crippen molar-refractivity contribution < 1.29 is 24.0 Å². The van der Waals surface area contributed by atoms with Crippen LogP contribution in [0.4, 0.5) is 5.69 Å². The Morgan fingerprint density at radius 1 is 1.00 bits per heavy atom. The van der Waals surface area contributed by atoms with Crippen molar-refractivity contribution in [3.63, 3.8) is 0 Å². The first-order chi connectivity index (χ1) is 19.4. The van der Waals surface area contributed by atoms with Crippen molar-refractivity contribution in [2.24, 2.45) is 16.2 Å². The third-order valence-electron chi connectivity index (χ3n) is 8.16. The topological polar surface area (TPSA) is 155 Å². The largest absolute Gasteiger partial charge is 0.353 e. The smallest absolute Gasteiger partial charge is 0.287 e. The summed E-state index contributed by atoms with van der Waals surface area (Å²) in [5, 5.41) is 10.2. The van der Waals surface area contributed by atoms with Crippen LogP contribution < -0.4 is 26.8 Å². The molecule has 2 aliphatic rings. The highest BCUT2D eigenvalue weighted by atomic mass is 16.2. The molecular weight excluding hydrogens is 538 g/mol. The Labute approximate surface area is 249 Å². The van der Waals surface area contributed by atoms with Crippen molar-refractivity contribution in [1.29, 1.82) is 0 Å². The Kier molecular flexibility index (Phi) is 11.3. The highest BCUT2D eigenvalue weighted by Gasteiger charge is 2.55. The van der Waals surface area contributed by atoms with Crippen LogP contribution >= 0.6 is 0 Å². The van der Waals surface area contributed by atoms with Crippen molar-refractivity contribution in [2.45, 2.75) is 112 Å². The highest BCUT2D eigenvalue weighted by Crippen LogP contribution is 2.62. The van der Waals surface area contributed by atoms with E-state index in [0.29, 0.717) is 22.8 Å². The Balaban J connectivity index is 0.000000314. The molecule has 2 saturated carbocycles. The molecule has 1 aromatic heterocycles. The summed E-state index contributed by atoms with van der Waals surface area (Å²) in [5.74, 6) is -2.56. The first-order valence-electron chi connectivity index (χ1n) is 14.6. The van der Waals surface area contributed by atoms with Gasteiger partial charge in [-0.25, -0.2) is 0 Å². The summed E-state index contributed by atoms with van der Waals surface area (Å²) in [4.78, 5) is 69.4. The van der Waals surface area contributed by atoms with Crippen molar-refractivity contribution >= 4 is 35.6 Å². The molecule has 0 spiro atoms. The number of hydrogen-bond donors (Lipinski definition) is 4. The van der Waals surface area contributed by atoms with Crippen LogP contribution in [0, 0.1) is 16.2 Å². The summed E-state index contributed by atoms with van der Waals surface area (Å²) < 4.78 is 1.41. The molecule has 4 N–H and O–H groups in total. The number of carbonyl (C=O) groups excluding carboxylic acids is 5. The van der Waals surface area contributed by atoms with Gasteiger partial charge in [-0.15, -0.1) is 0 Å². The maximum atomic E-state index is 12.4. The molecule has 42 heavy (non-hydrogen) atoms. The Bertz CT molecular complexity index is 1210. The van der Waals surface area contributed by atoms with Crippen LogP contribution in [0.1, 0.15) is 93.4 Å². The molecule has 234 valence electrons. The van der Waals surface area contributed by atoms with Crippen LogP contribution in [0.15, 0.2) is 23.1 Å². The average molecular weight is 588 g/mol. The Morgan fingerprint density at radius 3 is 2.10 bits per heavy atom. The number of fused-ring (bicyclic) bond motifs is 2. The fourth-order valence-corrected chi connectivity index (χ4v) is 8.11. The molecule has 3 atom stereocenters. The van der Waals surface area contributed by atoms with Gasteiger partial charge in [0.15, 0.2) is 0 Å². The van der Waals surface area contributed by atoms with E-state index in [1.54, 1.807) is 19.2 Å². The molecule has 2 bridgehead atoms. The zero-order valence-electron chi connectivity index (χ0n) is 26.4. The fraction of sp³-hybridized carbons (Fsp3) is 0.677. The highest BCUT2D eigenvalue weighted by molar-refractivity contribution is 6.36. The van der Waals surface area contributed by atoms with E-state index < -0.39 is 29.5 Å². The number of nitrogens with zero attached hydrogens (tertiary/aromatic N) is 1. The number of nitrogens with one attached hydrogen (secondary N) is 4. The van der Waals surface area contributed by atoms with Gasteiger partial charge in [-0.3, -0.25) is 28.8 Å². The lowest BCUT2D eigenvalue weighted by molar-refractivity contribution is -0.137. The van der Waals surface area contributed by atoms with E-state index in [4.69, 9.17) is 0 Å². The second-order valence-electron chi connectivity index (χ2n) is 13.8. The van der Waals surface area contributed by atoms with Crippen LogP contribution in [0.5, 0.6) is 0 Å². The standard InChI is InChI=1S/C16H22N4O5.C15H27NO/c1-4-20-9-5-6-12(16(20)25)19-14(23)11(18-10(2)21)7-8-13(22)15(24)17-3;1-12(2)6-13(3)8-14(4,7-12)10-15(5,9-13)16-11-17/h5-6,9,11H,4,7-8H2,1-3H3,(H,17,24)(H,18,21)(H,19,23);11H,6-10H2,1-5H3,(H,16,17). The van der Waals surface area contributed by atoms with Crippen molar-refractivity contribution in [2.75, 3.05) is 12.4 Å². The summed E-state index contributed by atoms with van der Waals surface area (Å²) in [5.41, 5.74) is 0.923. The first-order valence-corrected chi connectivity index (χ1v) is 14.6.